The van der Waals surface area contributed by atoms with Crippen molar-refractivity contribution in [3.05, 3.63) is 33.0 Å². The molecule has 0 amide bonds. The molecule has 25 heavy (non-hydrogen) atoms. The van der Waals surface area contributed by atoms with Gasteiger partial charge in [0.05, 0.1) is 18.8 Å². The monoisotopic (exact) mass is 404 g/mol. The van der Waals surface area contributed by atoms with E-state index in [4.69, 9.17) is 0 Å². The smallest absolute Gasteiger partial charge is 0.0639 e. The van der Waals surface area contributed by atoms with Gasteiger partial charge in [-0.1, -0.05) is 27.7 Å². The molecule has 0 unspecified atom stereocenters. The lowest BCUT2D eigenvalue weighted by molar-refractivity contribution is 0.515. The quantitative estimate of drug-likeness (QED) is 0.319. The van der Waals surface area contributed by atoms with Crippen LogP contribution in [0.2, 0.25) is 0 Å². The molecule has 0 spiro atoms. The second-order valence-electron chi connectivity index (χ2n) is 7.39. The molecule has 4 aromatic heterocycles. The van der Waals surface area contributed by atoms with Gasteiger partial charge in [-0.3, -0.25) is 0 Å². The van der Waals surface area contributed by atoms with Crippen molar-refractivity contribution in [3.8, 4) is 9.75 Å². The molecule has 0 saturated carbocycles. The van der Waals surface area contributed by atoms with Gasteiger partial charge < -0.3 is 0 Å². The van der Waals surface area contributed by atoms with Crippen molar-refractivity contribution in [2.75, 3.05) is 0 Å². The van der Waals surface area contributed by atoms with E-state index in [1.54, 1.807) is 4.88 Å². The van der Waals surface area contributed by atoms with Gasteiger partial charge in [-0.25, -0.2) is 0 Å². The van der Waals surface area contributed by atoms with Crippen LogP contribution in [0.25, 0.3) is 28.6 Å². The number of thiophene rings is 4. The first-order valence-corrected chi connectivity index (χ1v) is 12.2. The van der Waals surface area contributed by atoms with Crippen LogP contribution in [0.5, 0.6) is 0 Å². The van der Waals surface area contributed by atoms with Crippen molar-refractivity contribution in [1.82, 2.24) is 0 Å². The fourth-order valence-electron chi connectivity index (χ4n) is 3.37. The highest BCUT2D eigenvalue weighted by molar-refractivity contribution is 7.40. The van der Waals surface area contributed by atoms with Crippen molar-refractivity contribution in [2.45, 2.75) is 59.8 Å². The van der Waals surface area contributed by atoms with Crippen molar-refractivity contribution < 1.29 is 0 Å². The van der Waals surface area contributed by atoms with Gasteiger partial charge in [0, 0.05) is 19.5 Å². The molecule has 0 aliphatic carbocycles. The van der Waals surface area contributed by atoms with E-state index in [2.05, 4.69) is 53.7 Å². The predicted molar refractivity (Wildman–Crippen MR) is 121 cm³/mol. The maximum absolute atomic E-state index is 2.38. The molecule has 0 fully saturated rings. The molecule has 0 radical (unpaired) electrons. The largest absolute Gasteiger partial charge is 0.139 e. The van der Waals surface area contributed by atoms with Gasteiger partial charge >= 0.3 is 0 Å². The Labute approximate surface area is 166 Å². The highest BCUT2D eigenvalue weighted by Crippen LogP contribution is 2.52. The summed E-state index contributed by atoms with van der Waals surface area (Å²) < 4.78 is 6.08. The molecule has 0 atom stereocenters. The molecule has 0 saturated heterocycles. The Kier molecular flexibility index (Phi) is 4.39. The molecule has 0 aliphatic heterocycles. The van der Waals surface area contributed by atoms with Gasteiger partial charge in [0.1, 0.15) is 0 Å². The topological polar surface area (TPSA) is 0 Å². The summed E-state index contributed by atoms with van der Waals surface area (Å²) in [6.45, 7) is 14.0. The highest BCUT2D eigenvalue weighted by atomic mass is 32.1. The highest BCUT2D eigenvalue weighted by Gasteiger charge is 2.27. The molecule has 0 nitrogen and oxygen atoms in total. The van der Waals surface area contributed by atoms with Gasteiger partial charge in [-0.2, -0.15) is 0 Å². The third-order valence-corrected chi connectivity index (χ3v) is 11.5. The Hall–Kier alpha value is -0.680. The molecular weight excluding hydrogens is 380 g/mol. The Morgan fingerprint density at radius 2 is 1.48 bits per heavy atom. The first-order valence-electron chi connectivity index (χ1n) is 8.91. The van der Waals surface area contributed by atoms with Crippen LogP contribution in [0, 0.1) is 13.8 Å². The van der Waals surface area contributed by atoms with E-state index in [0.29, 0.717) is 0 Å². The van der Waals surface area contributed by atoms with E-state index in [9.17, 15) is 0 Å². The molecule has 0 aliphatic rings. The molecular formula is C21H24S4. The van der Waals surface area contributed by atoms with Crippen LogP contribution in [0.3, 0.4) is 0 Å². The minimum Gasteiger partial charge on any atom is -0.139 e. The standard InChI is InChI=1S/C21H24S4/c1-7-13-9-10-14(22-13)15-11(3)16-18(23-15)19-17(24-16)12(4)20(25-19)21(5,6)8-2/h9-10H,7-8H2,1-6H3. The lowest BCUT2D eigenvalue weighted by Gasteiger charge is -2.22. The first-order chi connectivity index (χ1) is 11.9. The summed E-state index contributed by atoms with van der Waals surface area (Å²) in [7, 11) is 0. The lowest BCUT2D eigenvalue weighted by Crippen LogP contribution is -2.14. The summed E-state index contributed by atoms with van der Waals surface area (Å²) in [6, 6.07) is 4.61. The van der Waals surface area contributed by atoms with E-state index in [1.807, 2.05) is 45.3 Å². The van der Waals surface area contributed by atoms with Crippen LogP contribution in [0.4, 0.5) is 0 Å². The maximum Gasteiger partial charge on any atom is 0.0639 e. The Bertz CT molecular complexity index is 1060. The third-order valence-electron chi connectivity index (χ3n) is 5.33. The van der Waals surface area contributed by atoms with Crippen molar-refractivity contribution in [2.24, 2.45) is 0 Å². The van der Waals surface area contributed by atoms with Crippen LogP contribution in [-0.2, 0) is 11.8 Å². The molecule has 4 heterocycles. The average molecular weight is 405 g/mol. The van der Waals surface area contributed by atoms with Gasteiger partial charge in [0.25, 0.3) is 0 Å². The van der Waals surface area contributed by atoms with E-state index < -0.39 is 0 Å². The summed E-state index contributed by atoms with van der Waals surface area (Å²) in [4.78, 5) is 5.99. The van der Waals surface area contributed by atoms with Gasteiger partial charge in [0.2, 0.25) is 0 Å². The number of fused-ring (bicyclic) bond motifs is 3. The predicted octanol–water partition coefficient (Wildman–Crippen LogP) is 8.77. The molecule has 0 N–H and O–H groups in total. The van der Waals surface area contributed by atoms with Crippen LogP contribution in [-0.4, -0.2) is 0 Å². The minimum atomic E-state index is 0.277. The molecule has 4 rings (SSSR count). The van der Waals surface area contributed by atoms with Gasteiger partial charge in [0.15, 0.2) is 0 Å². The third kappa shape index (κ3) is 2.64. The van der Waals surface area contributed by atoms with Crippen molar-refractivity contribution >= 4 is 64.1 Å². The van der Waals surface area contributed by atoms with Crippen LogP contribution in [0.1, 0.15) is 55.0 Å². The number of hydrogen-bond acceptors (Lipinski definition) is 4. The average Bonchev–Trinajstić information content (AvgIpc) is 3.31. The minimum absolute atomic E-state index is 0.277. The van der Waals surface area contributed by atoms with Crippen molar-refractivity contribution in [1.29, 1.82) is 0 Å². The number of aryl methyl sites for hydroxylation is 3. The Morgan fingerprint density at radius 3 is 2.12 bits per heavy atom. The fraction of sp³-hybridized carbons (Fsp3) is 0.429. The van der Waals surface area contributed by atoms with Gasteiger partial charge in [-0.05, 0) is 55.4 Å². The second kappa shape index (κ2) is 6.19. The zero-order chi connectivity index (χ0) is 17.9. The summed E-state index contributed by atoms with van der Waals surface area (Å²) in [6.07, 6.45) is 2.32. The van der Waals surface area contributed by atoms with Crippen LogP contribution >= 0.6 is 45.3 Å². The normalized spacial score (nSPS) is 12.7. The SMILES string of the molecule is CCc1ccc(-c2sc3c(sc4c(C)c(C(C)(C)CC)sc43)c2C)s1. The summed E-state index contributed by atoms with van der Waals surface area (Å²) in [5.41, 5.74) is 3.28. The van der Waals surface area contributed by atoms with E-state index >= 15 is 0 Å². The van der Waals surface area contributed by atoms with E-state index in [1.165, 1.54) is 51.0 Å². The molecule has 0 aromatic carbocycles. The maximum atomic E-state index is 2.38. The summed E-state index contributed by atoms with van der Waals surface area (Å²) >= 11 is 8.03. The molecule has 132 valence electrons. The number of rotatable bonds is 4. The van der Waals surface area contributed by atoms with Gasteiger partial charge in [-0.15, -0.1) is 45.3 Å². The Balaban J connectivity index is 1.93. The zero-order valence-electron chi connectivity index (χ0n) is 15.7. The summed E-state index contributed by atoms with van der Waals surface area (Å²) in [5.74, 6) is 0. The van der Waals surface area contributed by atoms with Crippen LogP contribution < -0.4 is 0 Å². The van der Waals surface area contributed by atoms with E-state index in [0.717, 1.165) is 6.42 Å². The fourth-order valence-corrected chi connectivity index (χ4v) is 9.07. The molecule has 4 heteroatoms. The molecule has 4 aromatic rings. The first kappa shape index (κ1) is 17.7. The van der Waals surface area contributed by atoms with Crippen molar-refractivity contribution in [3.63, 3.8) is 0 Å². The zero-order valence-corrected chi connectivity index (χ0v) is 19.0. The van der Waals surface area contributed by atoms with Crippen LogP contribution in [0.15, 0.2) is 12.1 Å². The van der Waals surface area contributed by atoms with E-state index in [-0.39, 0.29) is 5.41 Å². The molecule has 0 bridgehead atoms. The number of hydrogen-bond donors (Lipinski definition) is 0. The second-order valence-corrected chi connectivity index (χ2v) is 11.6. The Morgan fingerprint density at radius 1 is 0.800 bits per heavy atom. The lowest BCUT2D eigenvalue weighted by atomic mass is 9.87. The summed E-state index contributed by atoms with van der Waals surface area (Å²) in [5, 5.41) is 0.